The highest BCUT2D eigenvalue weighted by Crippen LogP contribution is 2.34. The first-order chi connectivity index (χ1) is 11.5. The van der Waals surface area contributed by atoms with E-state index in [4.69, 9.17) is 10.00 Å². The van der Waals surface area contributed by atoms with Gasteiger partial charge in [0.2, 0.25) is 0 Å². The average molecular weight is 356 g/mol. The van der Waals surface area contributed by atoms with Crippen LogP contribution in [0.3, 0.4) is 0 Å². The third kappa shape index (κ3) is 6.65. The van der Waals surface area contributed by atoms with Crippen molar-refractivity contribution < 1.29 is 22.7 Å². The molecule has 0 spiro atoms. The van der Waals surface area contributed by atoms with E-state index in [1.54, 1.807) is 11.0 Å². The van der Waals surface area contributed by atoms with Crippen LogP contribution in [-0.2, 0) is 15.7 Å². The van der Waals surface area contributed by atoms with Crippen LogP contribution in [0.25, 0.3) is 0 Å². The number of anilines is 1. The van der Waals surface area contributed by atoms with Crippen molar-refractivity contribution in [3.63, 3.8) is 0 Å². The molecule has 0 N–H and O–H groups in total. The molecule has 0 aliphatic carbocycles. The number of alkyl halides is 3. The number of esters is 1. The van der Waals surface area contributed by atoms with Gasteiger partial charge in [0.15, 0.2) is 0 Å². The number of carbonyl (C=O) groups excluding carboxylic acids is 1. The van der Waals surface area contributed by atoms with Crippen molar-refractivity contribution in [3.05, 3.63) is 29.3 Å². The lowest BCUT2D eigenvalue weighted by Gasteiger charge is -2.27. The summed E-state index contributed by atoms with van der Waals surface area (Å²) < 4.78 is 44.6. The second kappa shape index (κ2) is 8.75. The standard InChI is InChI=1S/C18H23F3N2O2/c1-12(2)9-23(10-17(24)25-11-13(3)4)15-6-5-14(8-22)16(7-15)18(19,20)21/h5-7,12-13H,9-11H2,1-4H3. The molecule has 0 radical (unpaired) electrons. The lowest BCUT2D eigenvalue weighted by Crippen LogP contribution is -2.34. The van der Waals surface area contributed by atoms with Crippen molar-refractivity contribution >= 4 is 11.7 Å². The number of rotatable bonds is 7. The highest BCUT2D eigenvalue weighted by molar-refractivity contribution is 5.76. The Bertz CT molecular complexity index is 634. The fourth-order valence-corrected chi connectivity index (χ4v) is 2.22. The van der Waals surface area contributed by atoms with Gasteiger partial charge < -0.3 is 9.64 Å². The third-order valence-corrected chi connectivity index (χ3v) is 3.28. The first-order valence-electron chi connectivity index (χ1n) is 8.06. The fourth-order valence-electron chi connectivity index (χ4n) is 2.22. The van der Waals surface area contributed by atoms with Crippen molar-refractivity contribution in [2.75, 3.05) is 24.6 Å². The number of hydrogen-bond acceptors (Lipinski definition) is 4. The molecule has 138 valence electrons. The van der Waals surface area contributed by atoms with E-state index in [-0.39, 0.29) is 30.7 Å². The maximum Gasteiger partial charge on any atom is 0.417 e. The number of carbonyl (C=O) groups is 1. The number of ether oxygens (including phenoxy) is 1. The lowest BCUT2D eigenvalue weighted by molar-refractivity contribution is -0.143. The second-order valence-corrected chi connectivity index (χ2v) is 6.69. The van der Waals surface area contributed by atoms with E-state index in [2.05, 4.69) is 0 Å². The van der Waals surface area contributed by atoms with E-state index in [0.29, 0.717) is 6.54 Å². The van der Waals surface area contributed by atoms with Crippen LogP contribution < -0.4 is 4.90 Å². The van der Waals surface area contributed by atoms with E-state index < -0.39 is 23.3 Å². The van der Waals surface area contributed by atoms with Crippen molar-refractivity contribution in [2.45, 2.75) is 33.9 Å². The zero-order chi connectivity index (χ0) is 19.2. The summed E-state index contributed by atoms with van der Waals surface area (Å²) in [6, 6.07) is 5.02. The van der Waals surface area contributed by atoms with E-state index in [1.165, 1.54) is 6.07 Å². The Morgan fingerprint density at radius 2 is 1.88 bits per heavy atom. The van der Waals surface area contributed by atoms with Crippen LogP contribution in [-0.4, -0.2) is 25.7 Å². The molecule has 0 aromatic heterocycles. The van der Waals surface area contributed by atoms with Crippen LogP contribution in [0.5, 0.6) is 0 Å². The Morgan fingerprint density at radius 1 is 1.24 bits per heavy atom. The Kier molecular flexibility index (Phi) is 7.28. The number of hydrogen-bond donors (Lipinski definition) is 0. The average Bonchev–Trinajstić information content (AvgIpc) is 2.50. The van der Waals surface area contributed by atoms with Crippen LogP contribution >= 0.6 is 0 Å². The molecular weight excluding hydrogens is 333 g/mol. The number of halogens is 3. The van der Waals surface area contributed by atoms with Gasteiger partial charge in [-0.3, -0.25) is 4.79 Å². The van der Waals surface area contributed by atoms with Crippen molar-refractivity contribution in [1.29, 1.82) is 5.26 Å². The molecule has 4 nitrogen and oxygen atoms in total. The van der Waals surface area contributed by atoms with Gasteiger partial charge in [-0.25, -0.2) is 0 Å². The Morgan fingerprint density at radius 3 is 2.36 bits per heavy atom. The first-order valence-corrected chi connectivity index (χ1v) is 8.06. The van der Waals surface area contributed by atoms with Crippen LogP contribution in [0.2, 0.25) is 0 Å². The van der Waals surface area contributed by atoms with Gasteiger partial charge in [0.25, 0.3) is 0 Å². The van der Waals surface area contributed by atoms with E-state index in [0.717, 1.165) is 12.1 Å². The zero-order valence-corrected chi connectivity index (χ0v) is 14.9. The van der Waals surface area contributed by atoms with Crippen LogP contribution in [0.4, 0.5) is 18.9 Å². The fraction of sp³-hybridized carbons (Fsp3) is 0.556. The summed E-state index contributed by atoms with van der Waals surface area (Å²) >= 11 is 0. The topological polar surface area (TPSA) is 53.3 Å². The summed E-state index contributed by atoms with van der Waals surface area (Å²) in [6.45, 7) is 8.11. The summed E-state index contributed by atoms with van der Waals surface area (Å²) in [6.07, 6.45) is -4.64. The summed E-state index contributed by atoms with van der Waals surface area (Å²) in [4.78, 5) is 13.5. The van der Waals surface area contributed by atoms with Gasteiger partial charge in [0.1, 0.15) is 6.54 Å². The van der Waals surface area contributed by atoms with Crippen molar-refractivity contribution in [1.82, 2.24) is 0 Å². The summed E-state index contributed by atoms with van der Waals surface area (Å²) in [5.41, 5.74) is -1.21. The van der Waals surface area contributed by atoms with Gasteiger partial charge in [0, 0.05) is 12.2 Å². The van der Waals surface area contributed by atoms with E-state index in [1.807, 2.05) is 27.7 Å². The van der Waals surface area contributed by atoms with Gasteiger partial charge >= 0.3 is 12.1 Å². The van der Waals surface area contributed by atoms with Crippen LogP contribution in [0.1, 0.15) is 38.8 Å². The maximum atomic E-state index is 13.2. The predicted octanol–water partition coefficient (Wildman–Crippen LogP) is 4.24. The molecular formula is C18H23F3N2O2. The highest BCUT2D eigenvalue weighted by Gasteiger charge is 2.34. The molecule has 0 unspecified atom stereocenters. The zero-order valence-electron chi connectivity index (χ0n) is 14.9. The molecule has 7 heteroatoms. The number of benzene rings is 1. The normalized spacial score (nSPS) is 11.5. The molecule has 0 saturated heterocycles. The minimum absolute atomic E-state index is 0.128. The van der Waals surface area contributed by atoms with E-state index >= 15 is 0 Å². The van der Waals surface area contributed by atoms with Gasteiger partial charge in [-0.15, -0.1) is 0 Å². The molecule has 1 aromatic carbocycles. The smallest absolute Gasteiger partial charge is 0.417 e. The minimum Gasteiger partial charge on any atom is -0.464 e. The minimum atomic E-state index is -4.64. The summed E-state index contributed by atoms with van der Waals surface area (Å²) in [5.74, 6) is -0.190. The first kappa shape index (κ1) is 20.8. The van der Waals surface area contributed by atoms with E-state index in [9.17, 15) is 18.0 Å². The molecule has 0 amide bonds. The van der Waals surface area contributed by atoms with Gasteiger partial charge in [-0.2, -0.15) is 18.4 Å². The molecule has 0 bridgehead atoms. The molecule has 0 aliphatic heterocycles. The monoisotopic (exact) mass is 356 g/mol. The Labute approximate surface area is 146 Å². The maximum absolute atomic E-state index is 13.2. The largest absolute Gasteiger partial charge is 0.464 e. The predicted molar refractivity (Wildman–Crippen MR) is 89.0 cm³/mol. The van der Waals surface area contributed by atoms with Crippen LogP contribution in [0.15, 0.2) is 18.2 Å². The SMILES string of the molecule is CC(C)COC(=O)CN(CC(C)C)c1ccc(C#N)c(C(F)(F)F)c1. The molecule has 0 fully saturated rings. The second-order valence-electron chi connectivity index (χ2n) is 6.69. The van der Waals surface area contributed by atoms with Gasteiger partial charge in [-0.1, -0.05) is 27.7 Å². The van der Waals surface area contributed by atoms with Crippen LogP contribution in [0, 0.1) is 23.2 Å². The molecule has 0 heterocycles. The molecule has 0 atom stereocenters. The van der Waals surface area contributed by atoms with Gasteiger partial charge in [0.05, 0.1) is 23.8 Å². The number of nitriles is 1. The molecule has 25 heavy (non-hydrogen) atoms. The third-order valence-electron chi connectivity index (χ3n) is 3.28. The lowest BCUT2D eigenvalue weighted by atomic mass is 10.1. The molecule has 1 aromatic rings. The molecule has 1 rings (SSSR count). The van der Waals surface area contributed by atoms with Gasteiger partial charge in [-0.05, 0) is 30.0 Å². The molecule has 0 aliphatic rings. The quantitative estimate of drug-likeness (QED) is 0.686. The summed E-state index contributed by atoms with van der Waals surface area (Å²) in [7, 11) is 0. The van der Waals surface area contributed by atoms with Crippen molar-refractivity contribution in [3.8, 4) is 6.07 Å². The Balaban J connectivity index is 3.11. The Hall–Kier alpha value is -2.23. The molecule has 0 saturated carbocycles. The number of nitrogens with zero attached hydrogens (tertiary/aromatic N) is 2. The highest BCUT2D eigenvalue weighted by atomic mass is 19.4. The summed E-state index contributed by atoms with van der Waals surface area (Å²) in [5, 5.41) is 8.89. The van der Waals surface area contributed by atoms with Crippen molar-refractivity contribution in [2.24, 2.45) is 11.8 Å².